The summed E-state index contributed by atoms with van der Waals surface area (Å²) in [5.41, 5.74) is -1.80. The summed E-state index contributed by atoms with van der Waals surface area (Å²) >= 11 is 0. The quantitative estimate of drug-likeness (QED) is 0.822. The van der Waals surface area contributed by atoms with Crippen molar-refractivity contribution in [3.63, 3.8) is 0 Å². The molecule has 0 amide bonds. The summed E-state index contributed by atoms with van der Waals surface area (Å²) in [4.78, 5) is 19.7. The summed E-state index contributed by atoms with van der Waals surface area (Å²) in [5.74, 6) is 0.0111. The number of carboxylic acids is 1. The lowest BCUT2D eigenvalue weighted by atomic mass is 9.74. The van der Waals surface area contributed by atoms with Crippen LogP contribution in [0, 0.1) is 5.41 Å². The second-order valence-corrected chi connectivity index (χ2v) is 5.46. The lowest BCUT2D eigenvalue weighted by Gasteiger charge is -2.38. The summed E-state index contributed by atoms with van der Waals surface area (Å²) in [6.07, 6.45) is 0. The van der Waals surface area contributed by atoms with Crippen molar-refractivity contribution >= 4 is 11.9 Å². The van der Waals surface area contributed by atoms with E-state index >= 15 is 0 Å². The van der Waals surface area contributed by atoms with E-state index < -0.39 is 16.9 Å². The van der Waals surface area contributed by atoms with Gasteiger partial charge in [-0.25, -0.2) is 0 Å². The van der Waals surface area contributed by atoms with E-state index in [9.17, 15) is 9.90 Å². The van der Waals surface area contributed by atoms with Crippen LogP contribution in [0.1, 0.15) is 27.7 Å². The van der Waals surface area contributed by atoms with E-state index in [0.717, 1.165) is 0 Å². The van der Waals surface area contributed by atoms with Crippen molar-refractivity contribution in [2.45, 2.75) is 33.2 Å². The summed E-state index contributed by atoms with van der Waals surface area (Å²) in [7, 11) is 2.97. The number of nitrogens with one attached hydrogen (secondary N) is 1. The van der Waals surface area contributed by atoms with E-state index in [4.69, 9.17) is 9.47 Å². The van der Waals surface area contributed by atoms with Gasteiger partial charge in [0.15, 0.2) is 0 Å². The van der Waals surface area contributed by atoms with Gasteiger partial charge in [-0.1, -0.05) is 0 Å². The standard InChI is InChI=1S/C13H21N3O4/c1-12(2,10(17)18)13(3,4)16-11-14-8(19-5)7-9(15-11)20-6/h7H,1-6H3,(H,17,18)(H,14,15,16). The van der Waals surface area contributed by atoms with Crippen LogP contribution >= 0.6 is 0 Å². The molecule has 0 atom stereocenters. The Labute approximate surface area is 118 Å². The highest BCUT2D eigenvalue weighted by Gasteiger charge is 2.44. The zero-order chi connectivity index (χ0) is 15.6. The molecule has 0 bridgehead atoms. The average molecular weight is 283 g/mol. The van der Waals surface area contributed by atoms with Crippen LogP contribution < -0.4 is 14.8 Å². The van der Waals surface area contributed by atoms with Gasteiger partial charge >= 0.3 is 5.97 Å². The molecule has 0 aliphatic rings. The van der Waals surface area contributed by atoms with Crippen molar-refractivity contribution in [1.29, 1.82) is 0 Å². The first-order valence-electron chi connectivity index (χ1n) is 6.12. The molecule has 0 saturated carbocycles. The number of hydrogen-bond donors (Lipinski definition) is 2. The predicted octanol–water partition coefficient (Wildman–Crippen LogP) is 1.80. The third-order valence-electron chi connectivity index (χ3n) is 3.62. The second-order valence-electron chi connectivity index (χ2n) is 5.46. The Morgan fingerprint density at radius 3 is 1.95 bits per heavy atom. The molecule has 0 aliphatic carbocycles. The molecule has 0 radical (unpaired) electrons. The Morgan fingerprint density at radius 2 is 1.60 bits per heavy atom. The molecule has 7 heteroatoms. The first kappa shape index (κ1) is 16.0. The van der Waals surface area contributed by atoms with E-state index in [1.54, 1.807) is 33.8 Å². The first-order valence-corrected chi connectivity index (χ1v) is 6.12. The molecule has 0 fully saturated rings. The van der Waals surface area contributed by atoms with Gasteiger partial charge in [-0.2, -0.15) is 9.97 Å². The van der Waals surface area contributed by atoms with Crippen LogP contribution in [-0.2, 0) is 4.79 Å². The number of rotatable bonds is 6. The smallest absolute Gasteiger partial charge is 0.311 e. The highest BCUT2D eigenvalue weighted by Crippen LogP contribution is 2.33. The molecule has 0 saturated heterocycles. The van der Waals surface area contributed by atoms with Gasteiger partial charge in [-0.3, -0.25) is 4.79 Å². The maximum atomic E-state index is 11.4. The van der Waals surface area contributed by atoms with E-state index in [1.807, 2.05) is 0 Å². The van der Waals surface area contributed by atoms with Crippen LogP contribution in [0.2, 0.25) is 0 Å². The maximum absolute atomic E-state index is 11.4. The van der Waals surface area contributed by atoms with Crippen molar-refractivity contribution in [2.75, 3.05) is 19.5 Å². The number of ether oxygens (including phenoxy) is 2. The van der Waals surface area contributed by atoms with E-state index in [0.29, 0.717) is 11.8 Å². The largest absolute Gasteiger partial charge is 0.481 e. The van der Waals surface area contributed by atoms with Gasteiger partial charge in [-0.05, 0) is 27.7 Å². The minimum Gasteiger partial charge on any atom is -0.481 e. The molecule has 1 aromatic heterocycles. The zero-order valence-corrected chi connectivity index (χ0v) is 12.6. The van der Waals surface area contributed by atoms with Crippen LogP contribution in [0.4, 0.5) is 5.95 Å². The summed E-state index contributed by atoms with van der Waals surface area (Å²) in [5, 5.41) is 12.4. The zero-order valence-electron chi connectivity index (χ0n) is 12.6. The van der Waals surface area contributed by atoms with Crippen LogP contribution in [0.5, 0.6) is 11.8 Å². The van der Waals surface area contributed by atoms with Gasteiger partial charge in [0.1, 0.15) is 0 Å². The van der Waals surface area contributed by atoms with Gasteiger partial charge < -0.3 is 19.9 Å². The monoisotopic (exact) mass is 283 g/mol. The topological polar surface area (TPSA) is 93.6 Å². The fourth-order valence-electron chi connectivity index (χ4n) is 1.37. The molecule has 112 valence electrons. The number of aliphatic carboxylic acids is 1. The first-order chi connectivity index (χ1) is 9.14. The van der Waals surface area contributed by atoms with Crippen molar-refractivity contribution in [3.8, 4) is 11.8 Å². The molecule has 1 rings (SSSR count). The lowest BCUT2D eigenvalue weighted by Crippen LogP contribution is -2.51. The van der Waals surface area contributed by atoms with Crippen molar-refractivity contribution in [3.05, 3.63) is 6.07 Å². The van der Waals surface area contributed by atoms with Crippen molar-refractivity contribution < 1.29 is 19.4 Å². The van der Waals surface area contributed by atoms with Gasteiger partial charge in [0, 0.05) is 0 Å². The third kappa shape index (κ3) is 3.09. The molecule has 0 spiro atoms. The Bertz CT molecular complexity index is 478. The van der Waals surface area contributed by atoms with Gasteiger partial charge in [0.05, 0.1) is 31.2 Å². The van der Waals surface area contributed by atoms with Gasteiger partial charge in [-0.15, -0.1) is 0 Å². The molecule has 0 aliphatic heterocycles. The highest BCUT2D eigenvalue weighted by molar-refractivity contribution is 5.76. The van der Waals surface area contributed by atoms with E-state index in [2.05, 4.69) is 15.3 Å². The summed E-state index contributed by atoms with van der Waals surface area (Å²) in [6, 6.07) is 1.54. The van der Waals surface area contributed by atoms with Crippen LogP contribution in [0.15, 0.2) is 6.07 Å². The minimum atomic E-state index is -1.02. The minimum absolute atomic E-state index is 0.250. The van der Waals surface area contributed by atoms with Crippen LogP contribution in [-0.4, -0.2) is 40.8 Å². The predicted molar refractivity (Wildman–Crippen MR) is 74.3 cm³/mol. The van der Waals surface area contributed by atoms with Gasteiger partial charge in [0.2, 0.25) is 17.7 Å². The molecule has 0 aromatic carbocycles. The van der Waals surface area contributed by atoms with Crippen molar-refractivity contribution in [2.24, 2.45) is 5.41 Å². The third-order valence-corrected chi connectivity index (χ3v) is 3.62. The van der Waals surface area contributed by atoms with Crippen LogP contribution in [0.25, 0.3) is 0 Å². The number of nitrogens with zero attached hydrogens (tertiary/aromatic N) is 2. The Balaban J connectivity index is 3.11. The second kappa shape index (κ2) is 5.52. The van der Waals surface area contributed by atoms with Gasteiger partial charge in [0.25, 0.3) is 0 Å². The fraction of sp³-hybridized carbons (Fsp3) is 0.615. The Kier molecular flexibility index (Phi) is 4.42. The van der Waals surface area contributed by atoms with E-state index in [-0.39, 0.29) is 5.95 Å². The molecule has 20 heavy (non-hydrogen) atoms. The average Bonchev–Trinajstić information content (AvgIpc) is 2.37. The molecule has 0 unspecified atom stereocenters. The molecule has 1 aromatic rings. The number of carbonyl (C=O) groups is 1. The van der Waals surface area contributed by atoms with Crippen molar-refractivity contribution in [1.82, 2.24) is 9.97 Å². The normalized spacial score (nSPS) is 11.9. The number of aromatic nitrogens is 2. The molecular formula is C13H21N3O4. The molecular weight excluding hydrogens is 262 g/mol. The summed E-state index contributed by atoms with van der Waals surface area (Å²) < 4.78 is 10.1. The Morgan fingerprint density at radius 1 is 1.15 bits per heavy atom. The number of anilines is 1. The van der Waals surface area contributed by atoms with Crippen LogP contribution in [0.3, 0.4) is 0 Å². The summed E-state index contributed by atoms with van der Waals surface area (Å²) in [6.45, 7) is 6.83. The number of carboxylic acid groups (broad SMARTS) is 1. The SMILES string of the molecule is COc1cc(OC)nc(NC(C)(C)C(C)(C)C(=O)O)n1. The maximum Gasteiger partial charge on any atom is 0.311 e. The molecule has 2 N–H and O–H groups in total. The van der Waals surface area contributed by atoms with E-state index in [1.165, 1.54) is 14.2 Å². The number of methoxy groups -OCH3 is 2. The molecule has 1 heterocycles. The Hall–Kier alpha value is -2.05. The number of hydrogen-bond acceptors (Lipinski definition) is 6. The highest BCUT2D eigenvalue weighted by atomic mass is 16.5. The lowest BCUT2D eigenvalue weighted by molar-refractivity contribution is -0.149. The molecule has 7 nitrogen and oxygen atoms in total. The fourth-order valence-corrected chi connectivity index (χ4v) is 1.37.